The summed E-state index contributed by atoms with van der Waals surface area (Å²) in [5.41, 5.74) is 1.01. The van der Waals surface area contributed by atoms with Crippen molar-refractivity contribution in [2.75, 3.05) is 18.5 Å². The number of hydrogen-bond acceptors (Lipinski definition) is 6. The van der Waals surface area contributed by atoms with Gasteiger partial charge in [0.05, 0.1) is 0 Å². The van der Waals surface area contributed by atoms with E-state index in [1.54, 1.807) is 6.07 Å². The summed E-state index contributed by atoms with van der Waals surface area (Å²) >= 11 is 0. The maximum absolute atomic E-state index is 12.8. The molecule has 10 heteroatoms. The monoisotopic (exact) mass is 367 g/mol. The fourth-order valence-electron chi connectivity index (χ4n) is 2.24. The van der Waals surface area contributed by atoms with Crippen LogP contribution in [0.3, 0.4) is 0 Å². The summed E-state index contributed by atoms with van der Waals surface area (Å²) in [5.74, 6) is -0.431. The Morgan fingerprint density at radius 1 is 1.23 bits per heavy atom. The molecule has 2 N–H and O–H groups in total. The van der Waals surface area contributed by atoms with Crippen molar-refractivity contribution < 1.29 is 23.0 Å². The normalized spacial score (nSPS) is 13.0. The summed E-state index contributed by atoms with van der Waals surface area (Å²) in [6, 6.07) is 10.2. The number of benzene rings is 1. The first-order valence-corrected chi connectivity index (χ1v) is 7.74. The number of fused-ring (bicyclic) bond motifs is 1. The number of hydrogen-bond donors (Lipinski definition) is 2. The standard InChI is InChI=1S/C16H16F3N5O2/c1-10-3-2-4-12(7-10)26-9-11(25)8-20-13-5-6-14-21-22-15(16(17,18)19)24(14)23-13/h2-7,11,25H,8-9H2,1H3,(H,20,23). The van der Waals surface area contributed by atoms with Gasteiger partial charge in [-0.1, -0.05) is 12.1 Å². The number of aromatic nitrogens is 4. The summed E-state index contributed by atoms with van der Waals surface area (Å²) in [6.45, 7) is 2.00. The highest BCUT2D eigenvalue weighted by Crippen LogP contribution is 2.27. The summed E-state index contributed by atoms with van der Waals surface area (Å²) in [4.78, 5) is 0. The van der Waals surface area contributed by atoms with Crippen molar-refractivity contribution in [3.05, 3.63) is 47.8 Å². The number of aliphatic hydroxyl groups is 1. The van der Waals surface area contributed by atoms with Gasteiger partial charge in [0.1, 0.15) is 24.3 Å². The quantitative estimate of drug-likeness (QED) is 0.696. The van der Waals surface area contributed by atoms with Gasteiger partial charge in [-0.2, -0.15) is 17.7 Å². The second kappa shape index (κ2) is 7.16. The van der Waals surface area contributed by atoms with Gasteiger partial charge >= 0.3 is 6.18 Å². The van der Waals surface area contributed by atoms with E-state index in [-0.39, 0.29) is 24.6 Å². The van der Waals surface area contributed by atoms with Crippen LogP contribution in [0.15, 0.2) is 36.4 Å². The van der Waals surface area contributed by atoms with Crippen LogP contribution in [0.25, 0.3) is 5.65 Å². The fraction of sp³-hybridized carbons (Fsp3) is 0.312. The molecule has 0 spiro atoms. The maximum atomic E-state index is 12.8. The summed E-state index contributed by atoms with van der Waals surface area (Å²) in [7, 11) is 0. The van der Waals surface area contributed by atoms with Crippen molar-refractivity contribution >= 4 is 11.5 Å². The average molecular weight is 367 g/mol. The van der Waals surface area contributed by atoms with Crippen molar-refractivity contribution in [3.8, 4) is 5.75 Å². The van der Waals surface area contributed by atoms with E-state index in [4.69, 9.17) is 4.74 Å². The van der Waals surface area contributed by atoms with Gasteiger partial charge in [0, 0.05) is 6.54 Å². The topological polar surface area (TPSA) is 84.6 Å². The molecule has 0 aliphatic carbocycles. The number of halogens is 3. The number of aryl methyl sites for hydroxylation is 1. The van der Waals surface area contributed by atoms with Crippen LogP contribution in [0.2, 0.25) is 0 Å². The van der Waals surface area contributed by atoms with Crippen molar-refractivity contribution in [3.63, 3.8) is 0 Å². The van der Waals surface area contributed by atoms with Gasteiger partial charge in [-0.05, 0) is 36.8 Å². The summed E-state index contributed by atoms with van der Waals surface area (Å²) in [5, 5.41) is 23.1. The van der Waals surface area contributed by atoms with Crippen LogP contribution >= 0.6 is 0 Å². The predicted octanol–water partition coefficient (Wildman–Crippen LogP) is 2.30. The lowest BCUT2D eigenvalue weighted by Crippen LogP contribution is -2.27. The van der Waals surface area contributed by atoms with Gasteiger partial charge in [-0.3, -0.25) is 0 Å². The van der Waals surface area contributed by atoms with Crippen LogP contribution in [0.1, 0.15) is 11.4 Å². The third-order valence-electron chi connectivity index (χ3n) is 3.47. The Bertz CT molecular complexity index is 897. The molecule has 2 heterocycles. The largest absolute Gasteiger partial charge is 0.491 e. The molecule has 3 aromatic rings. The molecule has 2 aromatic heterocycles. The van der Waals surface area contributed by atoms with E-state index in [0.717, 1.165) is 5.56 Å². The first kappa shape index (κ1) is 17.9. The lowest BCUT2D eigenvalue weighted by atomic mass is 10.2. The van der Waals surface area contributed by atoms with E-state index in [9.17, 15) is 18.3 Å². The van der Waals surface area contributed by atoms with Gasteiger partial charge in [0.15, 0.2) is 5.65 Å². The molecule has 0 amide bonds. The lowest BCUT2D eigenvalue weighted by molar-refractivity contribution is -0.146. The second-order valence-electron chi connectivity index (χ2n) is 5.67. The van der Waals surface area contributed by atoms with Crippen LogP contribution in [-0.2, 0) is 6.18 Å². The zero-order chi connectivity index (χ0) is 18.7. The molecular formula is C16H16F3N5O2. The number of nitrogens with zero attached hydrogens (tertiary/aromatic N) is 4. The lowest BCUT2D eigenvalue weighted by Gasteiger charge is -2.14. The molecule has 138 valence electrons. The molecule has 0 bridgehead atoms. The van der Waals surface area contributed by atoms with Crippen molar-refractivity contribution in [1.82, 2.24) is 19.8 Å². The van der Waals surface area contributed by atoms with Crippen LogP contribution in [0, 0.1) is 6.92 Å². The Morgan fingerprint density at radius 3 is 2.77 bits per heavy atom. The Kier molecular flexibility index (Phi) is 4.94. The SMILES string of the molecule is Cc1cccc(OCC(O)CNc2ccc3nnc(C(F)(F)F)n3n2)c1. The molecule has 26 heavy (non-hydrogen) atoms. The van der Waals surface area contributed by atoms with E-state index in [2.05, 4.69) is 20.6 Å². The molecule has 1 unspecified atom stereocenters. The number of ether oxygens (including phenoxy) is 1. The third kappa shape index (κ3) is 4.20. The number of aliphatic hydroxyl groups excluding tert-OH is 1. The van der Waals surface area contributed by atoms with Crippen LogP contribution in [0.4, 0.5) is 19.0 Å². The highest BCUT2D eigenvalue weighted by Gasteiger charge is 2.37. The maximum Gasteiger partial charge on any atom is 0.453 e. The van der Waals surface area contributed by atoms with Crippen LogP contribution in [-0.4, -0.2) is 44.2 Å². The summed E-state index contributed by atoms with van der Waals surface area (Å²) < 4.78 is 44.6. The van der Waals surface area contributed by atoms with E-state index in [1.165, 1.54) is 12.1 Å². The van der Waals surface area contributed by atoms with Gasteiger partial charge < -0.3 is 15.2 Å². The number of anilines is 1. The smallest absolute Gasteiger partial charge is 0.453 e. The Morgan fingerprint density at radius 2 is 2.04 bits per heavy atom. The Balaban J connectivity index is 1.60. The van der Waals surface area contributed by atoms with Gasteiger partial charge in [-0.15, -0.1) is 15.3 Å². The molecule has 1 aromatic carbocycles. The molecule has 1 atom stereocenters. The molecule has 0 saturated heterocycles. The first-order chi connectivity index (χ1) is 12.3. The molecular weight excluding hydrogens is 351 g/mol. The van der Waals surface area contributed by atoms with E-state index < -0.39 is 18.1 Å². The third-order valence-corrected chi connectivity index (χ3v) is 3.47. The zero-order valence-corrected chi connectivity index (χ0v) is 13.7. The minimum atomic E-state index is -4.66. The molecule has 0 radical (unpaired) electrons. The zero-order valence-electron chi connectivity index (χ0n) is 13.7. The molecule has 0 fully saturated rings. The number of nitrogens with one attached hydrogen (secondary N) is 1. The van der Waals surface area contributed by atoms with Gasteiger partial charge in [0.2, 0.25) is 0 Å². The highest BCUT2D eigenvalue weighted by molar-refractivity contribution is 5.44. The van der Waals surface area contributed by atoms with Crippen molar-refractivity contribution in [2.24, 2.45) is 0 Å². The number of alkyl halides is 3. The van der Waals surface area contributed by atoms with Crippen molar-refractivity contribution in [2.45, 2.75) is 19.2 Å². The number of rotatable bonds is 6. The minimum Gasteiger partial charge on any atom is -0.491 e. The first-order valence-electron chi connectivity index (χ1n) is 7.74. The van der Waals surface area contributed by atoms with Gasteiger partial charge in [-0.25, -0.2) is 0 Å². The second-order valence-corrected chi connectivity index (χ2v) is 5.67. The highest BCUT2D eigenvalue weighted by atomic mass is 19.4. The van der Waals surface area contributed by atoms with E-state index >= 15 is 0 Å². The molecule has 7 nitrogen and oxygen atoms in total. The fourth-order valence-corrected chi connectivity index (χ4v) is 2.24. The van der Waals surface area contributed by atoms with Gasteiger partial charge in [0.25, 0.3) is 5.82 Å². The predicted molar refractivity (Wildman–Crippen MR) is 87.0 cm³/mol. The average Bonchev–Trinajstić information content (AvgIpc) is 3.01. The van der Waals surface area contributed by atoms with E-state index in [1.807, 2.05) is 25.1 Å². The van der Waals surface area contributed by atoms with Crippen LogP contribution in [0.5, 0.6) is 5.75 Å². The van der Waals surface area contributed by atoms with Crippen LogP contribution < -0.4 is 10.1 Å². The summed E-state index contributed by atoms with van der Waals surface area (Å²) in [6.07, 6.45) is -5.54. The van der Waals surface area contributed by atoms with Crippen molar-refractivity contribution in [1.29, 1.82) is 0 Å². The molecule has 0 saturated carbocycles. The molecule has 3 rings (SSSR count). The Hall–Kier alpha value is -2.88. The molecule has 0 aliphatic heterocycles. The minimum absolute atomic E-state index is 0.0220. The van der Waals surface area contributed by atoms with E-state index in [0.29, 0.717) is 10.3 Å². The Labute approximate surface area is 146 Å². The molecule has 0 aliphatic rings.